The van der Waals surface area contributed by atoms with Crippen molar-refractivity contribution in [3.63, 3.8) is 0 Å². The van der Waals surface area contributed by atoms with E-state index in [1.165, 1.54) is 29.2 Å². The number of hydrogen-bond acceptors (Lipinski definition) is 2. The molecule has 1 fully saturated rings. The lowest BCUT2D eigenvalue weighted by Crippen LogP contribution is -2.45. The van der Waals surface area contributed by atoms with Gasteiger partial charge in [0.25, 0.3) is 0 Å². The van der Waals surface area contributed by atoms with Crippen LogP contribution in [0.1, 0.15) is 12.8 Å². The fourth-order valence-electron chi connectivity index (χ4n) is 2.77. The number of carbonyl (C=O) groups excluding carboxylic acids is 2. The molecule has 1 aliphatic rings. The van der Waals surface area contributed by atoms with Gasteiger partial charge in [-0.2, -0.15) is 0 Å². The molecule has 0 aromatic heterocycles. The smallest absolute Gasteiger partial charge is 0.322 e. The second-order valence-electron chi connectivity index (χ2n) is 5.78. The van der Waals surface area contributed by atoms with Crippen LogP contribution in [0.25, 0.3) is 0 Å². The van der Waals surface area contributed by atoms with Crippen molar-refractivity contribution in [2.45, 2.75) is 18.9 Å². The van der Waals surface area contributed by atoms with E-state index in [-0.39, 0.29) is 17.8 Å². The molecule has 25 heavy (non-hydrogen) atoms. The summed E-state index contributed by atoms with van der Waals surface area (Å²) in [7, 11) is 0. The summed E-state index contributed by atoms with van der Waals surface area (Å²) in [6, 6.07) is 11.4. The Labute approximate surface area is 149 Å². The highest BCUT2D eigenvalue weighted by Crippen LogP contribution is 2.21. The Hall–Kier alpha value is -2.60. The zero-order valence-corrected chi connectivity index (χ0v) is 14.1. The van der Waals surface area contributed by atoms with Gasteiger partial charge in [0.1, 0.15) is 11.9 Å². The number of halogens is 2. The van der Waals surface area contributed by atoms with Crippen molar-refractivity contribution in [1.82, 2.24) is 4.90 Å². The lowest BCUT2D eigenvalue weighted by molar-refractivity contribution is -0.119. The fourth-order valence-corrected chi connectivity index (χ4v) is 2.90. The van der Waals surface area contributed by atoms with Crippen molar-refractivity contribution in [1.29, 1.82) is 0 Å². The Balaban J connectivity index is 1.64. The first-order valence-electron chi connectivity index (χ1n) is 7.92. The summed E-state index contributed by atoms with van der Waals surface area (Å²) in [4.78, 5) is 26.4. The average molecular weight is 362 g/mol. The van der Waals surface area contributed by atoms with E-state index in [1.54, 1.807) is 24.3 Å². The number of likely N-dealkylation sites (tertiary alicyclic amines) is 1. The van der Waals surface area contributed by atoms with E-state index in [9.17, 15) is 14.0 Å². The summed E-state index contributed by atoms with van der Waals surface area (Å²) in [6.07, 6.45) is 1.33. The monoisotopic (exact) mass is 361 g/mol. The minimum absolute atomic E-state index is 0.282. The Morgan fingerprint density at radius 1 is 1.00 bits per heavy atom. The third-order valence-corrected chi connectivity index (χ3v) is 4.28. The minimum atomic E-state index is -0.558. The molecule has 5 nitrogen and oxygen atoms in total. The molecular formula is C18H17ClFN3O2. The zero-order valence-electron chi connectivity index (χ0n) is 13.3. The first-order valence-corrected chi connectivity index (χ1v) is 8.30. The topological polar surface area (TPSA) is 61.4 Å². The van der Waals surface area contributed by atoms with Crippen LogP contribution in [0.3, 0.4) is 0 Å². The molecule has 3 rings (SSSR count). The van der Waals surface area contributed by atoms with Crippen LogP contribution in [-0.2, 0) is 4.79 Å². The van der Waals surface area contributed by atoms with Gasteiger partial charge in [0.2, 0.25) is 5.91 Å². The van der Waals surface area contributed by atoms with Gasteiger partial charge in [0.05, 0.1) is 0 Å². The van der Waals surface area contributed by atoms with Crippen LogP contribution >= 0.6 is 11.6 Å². The first kappa shape index (κ1) is 17.2. The van der Waals surface area contributed by atoms with Gasteiger partial charge in [-0.1, -0.05) is 11.6 Å². The predicted molar refractivity (Wildman–Crippen MR) is 95.2 cm³/mol. The maximum Gasteiger partial charge on any atom is 0.322 e. The summed E-state index contributed by atoms with van der Waals surface area (Å²) in [5, 5.41) is 6.07. The number of urea groups is 1. The van der Waals surface area contributed by atoms with Crippen LogP contribution in [0, 0.1) is 5.82 Å². The van der Waals surface area contributed by atoms with Gasteiger partial charge in [-0.15, -0.1) is 0 Å². The van der Waals surface area contributed by atoms with Crippen LogP contribution in [0.5, 0.6) is 0 Å². The number of benzene rings is 2. The summed E-state index contributed by atoms with van der Waals surface area (Å²) in [5.74, 6) is -0.654. The van der Waals surface area contributed by atoms with Gasteiger partial charge >= 0.3 is 6.03 Å². The molecule has 0 aliphatic carbocycles. The quantitative estimate of drug-likeness (QED) is 0.864. The molecule has 0 bridgehead atoms. The Morgan fingerprint density at radius 2 is 1.60 bits per heavy atom. The number of anilines is 2. The predicted octanol–water partition coefficient (Wildman–Crippen LogP) is 4.11. The van der Waals surface area contributed by atoms with E-state index < -0.39 is 6.04 Å². The van der Waals surface area contributed by atoms with Crippen molar-refractivity contribution in [2.24, 2.45) is 0 Å². The van der Waals surface area contributed by atoms with Crippen molar-refractivity contribution in [2.75, 3.05) is 17.2 Å². The number of rotatable bonds is 3. The van der Waals surface area contributed by atoms with Gasteiger partial charge in [-0.25, -0.2) is 9.18 Å². The van der Waals surface area contributed by atoms with Crippen LogP contribution in [0.4, 0.5) is 20.6 Å². The van der Waals surface area contributed by atoms with Crippen molar-refractivity contribution >= 4 is 34.9 Å². The Morgan fingerprint density at radius 3 is 2.28 bits per heavy atom. The van der Waals surface area contributed by atoms with E-state index in [4.69, 9.17) is 11.6 Å². The SMILES string of the molecule is O=C(Nc1ccc(F)cc1)[C@H]1CCCN1C(=O)Nc1ccc(Cl)cc1. The number of nitrogens with zero attached hydrogens (tertiary/aromatic N) is 1. The molecule has 7 heteroatoms. The lowest BCUT2D eigenvalue weighted by atomic mass is 10.2. The fraction of sp³-hybridized carbons (Fsp3) is 0.222. The Bertz CT molecular complexity index is 699. The molecule has 1 heterocycles. The maximum atomic E-state index is 12.9. The molecule has 3 amide bonds. The van der Waals surface area contributed by atoms with Crippen LogP contribution in [-0.4, -0.2) is 29.4 Å². The van der Waals surface area contributed by atoms with Gasteiger partial charge in [-0.05, 0) is 61.4 Å². The van der Waals surface area contributed by atoms with Crippen molar-refractivity contribution < 1.29 is 14.0 Å². The molecule has 1 atom stereocenters. The van der Waals surface area contributed by atoms with Crippen LogP contribution < -0.4 is 10.6 Å². The standard InChI is InChI=1S/C18H17ClFN3O2/c19-12-3-7-15(8-4-12)22-18(25)23-11-1-2-16(23)17(24)21-14-9-5-13(20)6-10-14/h3-10,16H,1-2,11H2,(H,21,24)(H,22,25)/t16-/m1/s1. The van der Waals surface area contributed by atoms with E-state index in [0.717, 1.165) is 6.42 Å². The van der Waals surface area contributed by atoms with Crippen molar-refractivity contribution in [3.8, 4) is 0 Å². The first-order chi connectivity index (χ1) is 12.0. The van der Waals surface area contributed by atoms with Gasteiger partial charge < -0.3 is 15.5 Å². The number of hydrogen-bond donors (Lipinski definition) is 2. The molecule has 2 N–H and O–H groups in total. The molecule has 2 aromatic carbocycles. The summed E-state index contributed by atoms with van der Waals surface area (Å²) >= 11 is 5.83. The van der Waals surface area contributed by atoms with E-state index >= 15 is 0 Å². The third-order valence-electron chi connectivity index (χ3n) is 4.02. The molecule has 0 radical (unpaired) electrons. The molecule has 0 saturated carbocycles. The lowest BCUT2D eigenvalue weighted by Gasteiger charge is -2.24. The van der Waals surface area contributed by atoms with Gasteiger partial charge in [0.15, 0.2) is 0 Å². The molecule has 2 aromatic rings. The van der Waals surface area contributed by atoms with Gasteiger partial charge in [0, 0.05) is 22.9 Å². The third kappa shape index (κ3) is 4.28. The maximum absolute atomic E-state index is 12.9. The van der Waals surface area contributed by atoms with E-state index in [2.05, 4.69) is 10.6 Å². The Kier molecular flexibility index (Phi) is 5.19. The summed E-state index contributed by atoms with van der Waals surface area (Å²) in [6.45, 7) is 0.501. The zero-order chi connectivity index (χ0) is 17.8. The number of amides is 3. The minimum Gasteiger partial charge on any atom is -0.324 e. The molecule has 1 aliphatic heterocycles. The normalized spacial score (nSPS) is 16.6. The molecule has 130 valence electrons. The second kappa shape index (κ2) is 7.53. The molecular weight excluding hydrogens is 345 g/mol. The highest BCUT2D eigenvalue weighted by Gasteiger charge is 2.34. The van der Waals surface area contributed by atoms with E-state index in [0.29, 0.717) is 29.4 Å². The van der Waals surface area contributed by atoms with Crippen molar-refractivity contribution in [3.05, 3.63) is 59.4 Å². The molecule has 0 unspecified atom stereocenters. The summed E-state index contributed by atoms with van der Waals surface area (Å²) < 4.78 is 12.9. The van der Waals surface area contributed by atoms with Crippen LogP contribution in [0.15, 0.2) is 48.5 Å². The highest BCUT2D eigenvalue weighted by molar-refractivity contribution is 6.30. The second-order valence-corrected chi connectivity index (χ2v) is 6.22. The van der Waals surface area contributed by atoms with E-state index in [1.807, 2.05) is 0 Å². The highest BCUT2D eigenvalue weighted by atomic mass is 35.5. The summed E-state index contributed by atoms with van der Waals surface area (Å²) in [5.41, 5.74) is 1.11. The number of carbonyl (C=O) groups is 2. The molecule has 0 spiro atoms. The largest absolute Gasteiger partial charge is 0.324 e. The molecule has 1 saturated heterocycles. The van der Waals surface area contributed by atoms with Crippen LogP contribution in [0.2, 0.25) is 5.02 Å². The number of nitrogens with one attached hydrogen (secondary N) is 2. The van der Waals surface area contributed by atoms with Gasteiger partial charge in [-0.3, -0.25) is 4.79 Å². The average Bonchev–Trinajstić information content (AvgIpc) is 3.09.